The highest BCUT2D eigenvalue weighted by molar-refractivity contribution is 9.10. The quantitative estimate of drug-likeness (QED) is 0.784. The van der Waals surface area contributed by atoms with E-state index in [0.29, 0.717) is 0 Å². The van der Waals surface area contributed by atoms with E-state index in [0.717, 1.165) is 33.6 Å². The molecule has 0 aliphatic heterocycles. The summed E-state index contributed by atoms with van der Waals surface area (Å²) in [5, 5.41) is 5.25. The Labute approximate surface area is 128 Å². The van der Waals surface area contributed by atoms with Crippen LogP contribution in [0.3, 0.4) is 0 Å². The van der Waals surface area contributed by atoms with Gasteiger partial charge in [0, 0.05) is 9.35 Å². The first-order valence-corrected chi connectivity index (χ1v) is 7.74. The fourth-order valence-electron chi connectivity index (χ4n) is 1.94. The van der Waals surface area contributed by atoms with Gasteiger partial charge in [-0.05, 0) is 51.6 Å². The molecule has 1 unspecified atom stereocenters. The van der Waals surface area contributed by atoms with Gasteiger partial charge < -0.3 is 5.32 Å². The summed E-state index contributed by atoms with van der Waals surface area (Å²) < 4.78 is 38.7. The third-order valence-electron chi connectivity index (χ3n) is 2.89. The number of benzene rings is 1. The van der Waals surface area contributed by atoms with Gasteiger partial charge in [0.25, 0.3) is 0 Å². The molecule has 1 aromatic heterocycles. The van der Waals surface area contributed by atoms with E-state index in [2.05, 4.69) is 21.2 Å². The maximum Gasteiger partial charge on any atom is 0.416 e. The van der Waals surface area contributed by atoms with Gasteiger partial charge in [-0.25, -0.2) is 0 Å². The van der Waals surface area contributed by atoms with Crippen LogP contribution in [-0.4, -0.2) is 6.54 Å². The molecule has 6 heteroatoms. The van der Waals surface area contributed by atoms with Crippen molar-refractivity contribution < 1.29 is 13.2 Å². The second-order valence-corrected chi connectivity index (χ2v) is 6.05. The number of thiophene rings is 1. The zero-order valence-corrected chi connectivity index (χ0v) is 13.1. The number of hydrogen-bond acceptors (Lipinski definition) is 2. The normalized spacial score (nSPS) is 13.4. The Morgan fingerprint density at radius 2 is 1.85 bits per heavy atom. The molecule has 1 aromatic carbocycles. The van der Waals surface area contributed by atoms with E-state index in [1.807, 2.05) is 18.4 Å². The second kappa shape index (κ2) is 6.28. The minimum absolute atomic E-state index is 0.100. The summed E-state index contributed by atoms with van der Waals surface area (Å²) in [4.78, 5) is 1.06. The highest BCUT2D eigenvalue weighted by Gasteiger charge is 2.30. The van der Waals surface area contributed by atoms with E-state index in [4.69, 9.17) is 0 Å². The summed E-state index contributed by atoms with van der Waals surface area (Å²) in [7, 11) is 0. The smallest absolute Gasteiger partial charge is 0.306 e. The van der Waals surface area contributed by atoms with Crippen LogP contribution in [0.2, 0.25) is 0 Å². The molecule has 108 valence electrons. The fraction of sp³-hybridized carbons (Fsp3) is 0.286. The minimum Gasteiger partial charge on any atom is -0.306 e. The van der Waals surface area contributed by atoms with Gasteiger partial charge >= 0.3 is 6.18 Å². The number of alkyl halides is 3. The molecule has 0 fully saturated rings. The van der Waals surface area contributed by atoms with Gasteiger partial charge in [-0.2, -0.15) is 13.2 Å². The van der Waals surface area contributed by atoms with Crippen molar-refractivity contribution in [2.45, 2.75) is 19.1 Å². The topological polar surface area (TPSA) is 12.0 Å². The van der Waals surface area contributed by atoms with Crippen molar-refractivity contribution >= 4 is 27.3 Å². The number of hydrogen-bond donors (Lipinski definition) is 1. The van der Waals surface area contributed by atoms with E-state index < -0.39 is 11.7 Å². The molecule has 1 N–H and O–H groups in total. The third-order valence-corrected chi connectivity index (χ3v) is 4.82. The SMILES string of the molecule is CCNC(c1ccc(C(F)(F)F)cc1)c1sccc1Br. The Bertz CT molecular complexity index is 563. The van der Waals surface area contributed by atoms with E-state index in [-0.39, 0.29) is 6.04 Å². The molecule has 2 aromatic rings. The molecule has 0 radical (unpaired) electrons. The van der Waals surface area contributed by atoms with Crippen molar-refractivity contribution in [3.8, 4) is 0 Å². The first-order valence-electron chi connectivity index (χ1n) is 6.07. The molecule has 0 aliphatic rings. The van der Waals surface area contributed by atoms with Crippen LogP contribution < -0.4 is 5.32 Å². The standard InChI is InChI=1S/C14H13BrF3NS/c1-2-19-12(13-11(15)7-8-20-13)9-3-5-10(6-4-9)14(16,17)18/h3-8,12,19H,2H2,1H3. The molecule has 1 atom stereocenters. The molecule has 0 amide bonds. The second-order valence-electron chi connectivity index (χ2n) is 4.24. The lowest BCUT2D eigenvalue weighted by molar-refractivity contribution is -0.137. The summed E-state index contributed by atoms with van der Waals surface area (Å²) in [6.07, 6.45) is -4.30. The number of rotatable bonds is 4. The molecular formula is C14H13BrF3NS. The van der Waals surface area contributed by atoms with Crippen LogP contribution in [0.1, 0.15) is 29.0 Å². The maximum atomic E-state index is 12.6. The van der Waals surface area contributed by atoms with Crippen LogP contribution in [0, 0.1) is 0 Å². The monoisotopic (exact) mass is 363 g/mol. The summed E-state index contributed by atoms with van der Waals surface area (Å²) in [6, 6.07) is 7.15. The van der Waals surface area contributed by atoms with Gasteiger partial charge in [-0.1, -0.05) is 19.1 Å². The Kier molecular flexibility index (Phi) is 4.88. The minimum atomic E-state index is -4.30. The van der Waals surface area contributed by atoms with Crippen molar-refractivity contribution in [2.75, 3.05) is 6.54 Å². The highest BCUT2D eigenvalue weighted by Crippen LogP contribution is 2.35. The molecule has 20 heavy (non-hydrogen) atoms. The van der Waals surface area contributed by atoms with Gasteiger partial charge in [-0.15, -0.1) is 11.3 Å². The predicted octanol–water partition coefficient (Wildman–Crippen LogP) is 5.23. The Balaban J connectivity index is 2.33. The van der Waals surface area contributed by atoms with Crippen LogP contribution in [0.4, 0.5) is 13.2 Å². The lowest BCUT2D eigenvalue weighted by Gasteiger charge is -2.18. The number of halogens is 4. The molecule has 0 aliphatic carbocycles. The van der Waals surface area contributed by atoms with Gasteiger partial charge in [0.1, 0.15) is 0 Å². The van der Waals surface area contributed by atoms with Crippen molar-refractivity contribution in [3.05, 3.63) is 56.2 Å². The first kappa shape index (κ1) is 15.5. The zero-order valence-electron chi connectivity index (χ0n) is 10.7. The predicted molar refractivity (Wildman–Crippen MR) is 79.0 cm³/mol. The Morgan fingerprint density at radius 1 is 1.20 bits per heavy atom. The lowest BCUT2D eigenvalue weighted by Crippen LogP contribution is -2.21. The van der Waals surface area contributed by atoms with E-state index in [1.54, 1.807) is 11.3 Å². The summed E-state index contributed by atoms with van der Waals surface area (Å²) in [5.41, 5.74) is 0.199. The first-order chi connectivity index (χ1) is 9.43. The molecule has 2 rings (SSSR count). The van der Waals surface area contributed by atoms with Crippen LogP contribution in [0.5, 0.6) is 0 Å². The van der Waals surface area contributed by atoms with Gasteiger partial charge in [0.15, 0.2) is 0 Å². The summed E-state index contributed by atoms with van der Waals surface area (Å²) >= 11 is 5.04. The van der Waals surface area contributed by atoms with Crippen molar-refractivity contribution in [2.24, 2.45) is 0 Å². The van der Waals surface area contributed by atoms with E-state index in [9.17, 15) is 13.2 Å². The lowest BCUT2D eigenvalue weighted by atomic mass is 10.0. The third kappa shape index (κ3) is 3.42. The largest absolute Gasteiger partial charge is 0.416 e. The zero-order chi connectivity index (χ0) is 14.8. The molecule has 1 nitrogen and oxygen atoms in total. The highest BCUT2D eigenvalue weighted by atomic mass is 79.9. The molecule has 0 saturated heterocycles. The van der Waals surface area contributed by atoms with Gasteiger partial charge in [0.05, 0.1) is 11.6 Å². The van der Waals surface area contributed by atoms with Crippen molar-refractivity contribution in [1.29, 1.82) is 0 Å². The van der Waals surface area contributed by atoms with Crippen LogP contribution in [0.25, 0.3) is 0 Å². The average molecular weight is 364 g/mol. The molecule has 0 bridgehead atoms. The summed E-state index contributed by atoms with van der Waals surface area (Å²) in [5.74, 6) is 0. The molecular weight excluding hydrogens is 351 g/mol. The molecule has 0 spiro atoms. The molecule has 0 saturated carbocycles. The van der Waals surface area contributed by atoms with Gasteiger partial charge in [0.2, 0.25) is 0 Å². The number of nitrogens with one attached hydrogen (secondary N) is 1. The average Bonchev–Trinajstić information content (AvgIpc) is 2.81. The van der Waals surface area contributed by atoms with Crippen molar-refractivity contribution in [3.63, 3.8) is 0 Å². The van der Waals surface area contributed by atoms with Crippen LogP contribution >= 0.6 is 27.3 Å². The Morgan fingerprint density at radius 3 is 2.30 bits per heavy atom. The van der Waals surface area contributed by atoms with Crippen LogP contribution in [-0.2, 0) is 6.18 Å². The fourth-order valence-corrected chi connectivity index (χ4v) is 3.65. The Hall–Kier alpha value is -0.850. The van der Waals surface area contributed by atoms with E-state index in [1.165, 1.54) is 12.1 Å². The van der Waals surface area contributed by atoms with Crippen molar-refractivity contribution in [1.82, 2.24) is 5.32 Å². The van der Waals surface area contributed by atoms with E-state index >= 15 is 0 Å². The maximum absolute atomic E-state index is 12.6. The molecule has 1 heterocycles. The summed E-state index contributed by atoms with van der Waals surface area (Å²) in [6.45, 7) is 2.70. The van der Waals surface area contributed by atoms with Crippen LogP contribution in [0.15, 0.2) is 40.2 Å². The van der Waals surface area contributed by atoms with Gasteiger partial charge in [-0.3, -0.25) is 0 Å².